The third-order valence-electron chi connectivity index (χ3n) is 4.40. The zero-order valence-corrected chi connectivity index (χ0v) is 15.2. The Morgan fingerprint density at radius 1 is 1.00 bits per heavy atom. The van der Waals surface area contributed by atoms with Gasteiger partial charge < -0.3 is 9.80 Å². The number of hydrogen-bond acceptors (Lipinski definition) is 5. The third kappa shape index (κ3) is 4.76. The number of non-ortho nitro benzene ring substituents is 1. The van der Waals surface area contributed by atoms with Gasteiger partial charge in [-0.15, -0.1) is 11.8 Å². The van der Waals surface area contributed by atoms with Crippen molar-refractivity contribution in [3.63, 3.8) is 0 Å². The summed E-state index contributed by atoms with van der Waals surface area (Å²) in [4.78, 5) is 26.8. The van der Waals surface area contributed by atoms with Crippen LogP contribution in [0.25, 0.3) is 0 Å². The van der Waals surface area contributed by atoms with E-state index >= 15 is 0 Å². The fourth-order valence-electron chi connectivity index (χ4n) is 2.92. The molecule has 6 nitrogen and oxygen atoms in total. The molecule has 26 heavy (non-hydrogen) atoms. The van der Waals surface area contributed by atoms with E-state index in [4.69, 9.17) is 0 Å². The van der Waals surface area contributed by atoms with Crippen LogP contribution >= 0.6 is 11.8 Å². The van der Waals surface area contributed by atoms with Crippen LogP contribution in [0.1, 0.15) is 5.56 Å². The second kappa shape index (κ2) is 8.71. The minimum absolute atomic E-state index is 0.0954. The number of rotatable bonds is 6. The molecule has 1 fully saturated rings. The van der Waals surface area contributed by atoms with Crippen molar-refractivity contribution < 1.29 is 9.72 Å². The maximum Gasteiger partial charge on any atom is 0.269 e. The van der Waals surface area contributed by atoms with Gasteiger partial charge in [0.05, 0.1) is 10.7 Å². The van der Waals surface area contributed by atoms with Crippen LogP contribution in [0.3, 0.4) is 0 Å². The minimum atomic E-state index is -0.395. The Balaban J connectivity index is 1.44. The second-order valence-corrected chi connectivity index (χ2v) is 7.11. The number of carbonyl (C=O) groups is 1. The van der Waals surface area contributed by atoms with Gasteiger partial charge in [0.15, 0.2) is 0 Å². The number of nitrogens with zero attached hydrogens (tertiary/aromatic N) is 3. The van der Waals surface area contributed by atoms with E-state index in [2.05, 4.69) is 17.0 Å². The van der Waals surface area contributed by atoms with Crippen molar-refractivity contribution in [2.24, 2.45) is 0 Å². The molecule has 0 radical (unpaired) electrons. The number of benzene rings is 2. The van der Waals surface area contributed by atoms with E-state index in [9.17, 15) is 14.9 Å². The molecule has 136 valence electrons. The summed E-state index contributed by atoms with van der Waals surface area (Å²) in [5.74, 6) is 1.51. The number of anilines is 1. The van der Waals surface area contributed by atoms with E-state index in [1.807, 2.05) is 23.1 Å². The maximum atomic E-state index is 12.4. The van der Waals surface area contributed by atoms with E-state index < -0.39 is 4.92 Å². The molecule has 1 amide bonds. The van der Waals surface area contributed by atoms with Gasteiger partial charge in [0.1, 0.15) is 0 Å². The Labute approximate surface area is 156 Å². The van der Waals surface area contributed by atoms with E-state index in [1.54, 1.807) is 23.9 Å². The van der Waals surface area contributed by atoms with Crippen LogP contribution in [0.5, 0.6) is 0 Å². The van der Waals surface area contributed by atoms with Crippen LogP contribution in [-0.4, -0.2) is 47.7 Å². The number of hydrogen-bond donors (Lipinski definition) is 0. The molecule has 0 bridgehead atoms. The zero-order valence-electron chi connectivity index (χ0n) is 14.4. The van der Waals surface area contributed by atoms with Gasteiger partial charge in [0.2, 0.25) is 5.91 Å². The standard InChI is InChI=1S/C19H21N3O3S/c23-19(15-26-14-16-4-2-1-3-5-16)21-12-10-20(11-13-21)17-6-8-18(9-7-17)22(24)25/h1-9H,10-15H2. The Hall–Kier alpha value is -2.54. The molecule has 0 N–H and O–H groups in total. The molecule has 2 aromatic rings. The smallest absolute Gasteiger partial charge is 0.269 e. The van der Waals surface area contributed by atoms with Gasteiger partial charge in [-0.05, 0) is 17.7 Å². The third-order valence-corrected chi connectivity index (χ3v) is 5.38. The molecule has 0 spiro atoms. The first-order chi connectivity index (χ1) is 12.6. The average molecular weight is 371 g/mol. The first kappa shape index (κ1) is 18.3. The van der Waals surface area contributed by atoms with Gasteiger partial charge in [-0.3, -0.25) is 14.9 Å². The minimum Gasteiger partial charge on any atom is -0.368 e. The number of amides is 1. The predicted octanol–water partition coefficient (Wildman–Crippen LogP) is 3.18. The van der Waals surface area contributed by atoms with Crippen molar-refractivity contribution in [3.05, 3.63) is 70.3 Å². The average Bonchev–Trinajstić information content (AvgIpc) is 2.69. The lowest BCUT2D eigenvalue weighted by molar-refractivity contribution is -0.384. The first-order valence-electron chi connectivity index (χ1n) is 8.52. The van der Waals surface area contributed by atoms with Gasteiger partial charge in [-0.1, -0.05) is 30.3 Å². The van der Waals surface area contributed by atoms with E-state index in [1.165, 1.54) is 17.7 Å². The molecule has 1 aliphatic heterocycles. The highest BCUT2D eigenvalue weighted by Crippen LogP contribution is 2.21. The van der Waals surface area contributed by atoms with Crippen molar-refractivity contribution in [3.8, 4) is 0 Å². The number of thioether (sulfide) groups is 1. The molecule has 1 saturated heterocycles. The second-order valence-electron chi connectivity index (χ2n) is 6.12. The van der Waals surface area contributed by atoms with Crippen LogP contribution < -0.4 is 4.90 Å². The molecular weight excluding hydrogens is 350 g/mol. The highest BCUT2D eigenvalue weighted by atomic mass is 32.2. The number of nitro benzene ring substituents is 1. The van der Waals surface area contributed by atoms with E-state index in [-0.39, 0.29) is 11.6 Å². The van der Waals surface area contributed by atoms with Crippen molar-refractivity contribution in [2.75, 3.05) is 36.8 Å². The number of nitro groups is 1. The summed E-state index contributed by atoms with van der Waals surface area (Å²) < 4.78 is 0. The number of piperazine rings is 1. The van der Waals surface area contributed by atoms with Crippen LogP contribution in [0, 0.1) is 10.1 Å². The van der Waals surface area contributed by atoms with Gasteiger partial charge in [0.25, 0.3) is 5.69 Å². The SMILES string of the molecule is O=C(CSCc1ccccc1)N1CCN(c2ccc([N+](=O)[O-])cc2)CC1. The summed E-state index contributed by atoms with van der Waals surface area (Å²) >= 11 is 1.64. The fourth-order valence-corrected chi connectivity index (χ4v) is 3.81. The van der Waals surface area contributed by atoms with Crippen molar-refractivity contribution in [1.82, 2.24) is 4.90 Å². The van der Waals surface area contributed by atoms with Gasteiger partial charge >= 0.3 is 0 Å². The van der Waals surface area contributed by atoms with Crippen molar-refractivity contribution >= 4 is 29.0 Å². The van der Waals surface area contributed by atoms with Crippen LogP contribution in [0.2, 0.25) is 0 Å². The summed E-state index contributed by atoms with van der Waals surface area (Å²) in [5.41, 5.74) is 2.28. The van der Waals surface area contributed by atoms with Crippen molar-refractivity contribution in [2.45, 2.75) is 5.75 Å². The normalized spacial score (nSPS) is 14.3. The van der Waals surface area contributed by atoms with Gasteiger partial charge in [0, 0.05) is 49.8 Å². The molecule has 0 aliphatic carbocycles. The molecule has 2 aromatic carbocycles. The summed E-state index contributed by atoms with van der Waals surface area (Å²) in [6.07, 6.45) is 0. The Kier molecular flexibility index (Phi) is 6.12. The molecular formula is C19H21N3O3S. The van der Waals surface area contributed by atoms with E-state index in [0.717, 1.165) is 24.5 Å². The lowest BCUT2D eigenvalue weighted by Crippen LogP contribution is -2.49. The van der Waals surface area contributed by atoms with Gasteiger partial charge in [-0.2, -0.15) is 0 Å². The van der Waals surface area contributed by atoms with Crippen LogP contribution in [-0.2, 0) is 10.5 Å². The lowest BCUT2D eigenvalue weighted by atomic mass is 10.2. The molecule has 0 aromatic heterocycles. The highest BCUT2D eigenvalue weighted by molar-refractivity contribution is 7.99. The van der Waals surface area contributed by atoms with E-state index in [0.29, 0.717) is 18.8 Å². The highest BCUT2D eigenvalue weighted by Gasteiger charge is 2.21. The monoisotopic (exact) mass is 371 g/mol. The summed E-state index contributed by atoms with van der Waals surface area (Å²) in [7, 11) is 0. The Bertz CT molecular complexity index is 744. The first-order valence-corrected chi connectivity index (χ1v) is 9.68. The molecule has 0 atom stereocenters. The summed E-state index contributed by atoms with van der Waals surface area (Å²) in [6.45, 7) is 2.85. The fraction of sp³-hybridized carbons (Fsp3) is 0.316. The molecule has 0 saturated carbocycles. The van der Waals surface area contributed by atoms with Gasteiger partial charge in [-0.25, -0.2) is 0 Å². The molecule has 3 rings (SSSR count). The van der Waals surface area contributed by atoms with Crippen LogP contribution in [0.15, 0.2) is 54.6 Å². The molecule has 1 heterocycles. The quantitative estimate of drug-likeness (QED) is 0.576. The van der Waals surface area contributed by atoms with Crippen LogP contribution in [0.4, 0.5) is 11.4 Å². The topological polar surface area (TPSA) is 66.7 Å². The lowest BCUT2D eigenvalue weighted by Gasteiger charge is -2.36. The number of carbonyl (C=O) groups excluding carboxylic acids is 1. The molecule has 0 unspecified atom stereocenters. The summed E-state index contributed by atoms with van der Waals surface area (Å²) in [6, 6.07) is 16.7. The Morgan fingerprint density at radius 2 is 1.65 bits per heavy atom. The maximum absolute atomic E-state index is 12.4. The van der Waals surface area contributed by atoms with Crippen molar-refractivity contribution in [1.29, 1.82) is 0 Å². The zero-order chi connectivity index (χ0) is 18.4. The largest absolute Gasteiger partial charge is 0.368 e. The molecule has 7 heteroatoms. The molecule has 1 aliphatic rings. The summed E-state index contributed by atoms with van der Waals surface area (Å²) in [5, 5.41) is 10.7. The Morgan fingerprint density at radius 3 is 2.27 bits per heavy atom. The predicted molar refractivity (Wildman–Crippen MR) is 104 cm³/mol.